The summed E-state index contributed by atoms with van der Waals surface area (Å²) in [4.78, 5) is 4.10. The Kier molecular flexibility index (Phi) is 4.18. The highest BCUT2D eigenvalue weighted by Crippen LogP contribution is 2.29. The summed E-state index contributed by atoms with van der Waals surface area (Å²) in [6.07, 6.45) is 5.20. The maximum Gasteiger partial charge on any atom is 0.0453 e. The van der Waals surface area contributed by atoms with E-state index in [1.54, 1.807) is 0 Å². The summed E-state index contributed by atoms with van der Waals surface area (Å²) in [5, 5.41) is 2.17. The lowest BCUT2D eigenvalue weighted by Crippen LogP contribution is -2.34. The van der Waals surface area contributed by atoms with Crippen LogP contribution >= 0.6 is 11.3 Å². The third-order valence-corrected chi connectivity index (χ3v) is 4.12. The first-order chi connectivity index (χ1) is 7.42. The topological polar surface area (TPSA) is 29.3 Å². The van der Waals surface area contributed by atoms with E-state index in [1.165, 1.54) is 37.2 Å². The number of hydrogen-bond donors (Lipinski definition) is 1. The monoisotopic (exact) mass is 224 g/mol. The fourth-order valence-electron chi connectivity index (χ4n) is 2.37. The molecule has 3 heteroatoms. The largest absolute Gasteiger partial charge is 0.330 e. The van der Waals surface area contributed by atoms with Crippen molar-refractivity contribution >= 4 is 11.3 Å². The van der Waals surface area contributed by atoms with Crippen molar-refractivity contribution < 1.29 is 0 Å². The highest BCUT2D eigenvalue weighted by atomic mass is 32.1. The first kappa shape index (κ1) is 11.1. The Hall–Kier alpha value is -0.380. The minimum absolute atomic E-state index is 0.579. The molecule has 1 aliphatic heterocycles. The average molecular weight is 224 g/mol. The van der Waals surface area contributed by atoms with Crippen molar-refractivity contribution in [2.75, 3.05) is 19.6 Å². The fraction of sp³-hybridized carbons (Fsp3) is 0.667. The van der Waals surface area contributed by atoms with E-state index in [9.17, 15) is 0 Å². The molecule has 2 rings (SSSR count). The highest BCUT2D eigenvalue weighted by Gasteiger charge is 2.21. The van der Waals surface area contributed by atoms with Crippen molar-refractivity contribution in [1.29, 1.82) is 0 Å². The predicted molar refractivity (Wildman–Crippen MR) is 66.2 cm³/mol. The van der Waals surface area contributed by atoms with E-state index in [-0.39, 0.29) is 0 Å². The Morgan fingerprint density at radius 1 is 1.33 bits per heavy atom. The van der Waals surface area contributed by atoms with Gasteiger partial charge in [-0.15, -0.1) is 11.3 Å². The third kappa shape index (κ3) is 2.80. The van der Waals surface area contributed by atoms with Gasteiger partial charge in [-0.3, -0.25) is 4.90 Å². The van der Waals surface area contributed by atoms with Gasteiger partial charge in [-0.25, -0.2) is 0 Å². The van der Waals surface area contributed by atoms with Crippen LogP contribution in [0.25, 0.3) is 0 Å². The molecule has 2 nitrogen and oxygen atoms in total. The van der Waals surface area contributed by atoms with Crippen LogP contribution in [0.15, 0.2) is 17.5 Å². The molecule has 1 aromatic heterocycles. The molecule has 0 aromatic carbocycles. The maximum absolute atomic E-state index is 5.72. The summed E-state index contributed by atoms with van der Waals surface area (Å²) in [6, 6.07) is 4.97. The molecule has 15 heavy (non-hydrogen) atoms. The van der Waals surface area contributed by atoms with Gasteiger partial charge in [-0.05, 0) is 50.3 Å². The quantitative estimate of drug-likeness (QED) is 0.852. The van der Waals surface area contributed by atoms with E-state index in [1.807, 2.05) is 11.3 Å². The molecule has 1 atom stereocenters. The van der Waals surface area contributed by atoms with Crippen LogP contribution in [0.2, 0.25) is 0 Å². The molecule has 84 valence electrons. The molecular formula is C12H20N2S. The Labute approximate surface area is 96.1 Å². The smallest absolute Gasteiger partial charge is 0.0453 e. The van der Waals surface area contributed by atoms with Crippen LogP contribution in [-0.4, -0.2) is 24.5 Å². The average Bonchev–Trinajstić information content (AvgIpc) is 2.80. The molecule has 1 unspecified atom stereocenters. The molecule has 1 aromatic rings. The van der Waals surface area contributed by atoms with E-state index < -0.39 is 0 Å². The Morgan fingerprint density at radius 3 is 2.73 bits per heavy atom. The van der Waals surface area contributed by atoms with Gasteiger partial charge in [0.05, 0.1) is 0 Å². The molecule has 0 bridgehead atoms. The van der Waals surface area contributed by atoms with E-state index in [0.29, 0.717) is 6.04 Å². The lowest BCUT2D eigenvalue weighted by molar-refractivity contribution is 0.159. The first-order valence-electron chi connectivity index (χ1n) is 5.89. The van der Waals surface area contributed by atoms with Crippen molar-refractivity contribution in [3.05, 3.63) is 22.4 Å². The second-order valence-corrected chi connectivity index (χ2v) is 5.18. The van der Waals surface area contributed by atoms with Gasteiger partial charge in [0.1, 0.15) is 0 Å². The lowest BCUT2D eigenvalue weighted by Gasteiger charge is -2.33. The van der Waals surface area contributed by atoms with Gasteiger partial charge in [0.2, 0.25) is 0 Å². The number of piperidine rings is 1. The van der Waals surface area contributed by atoms with E-state index >= 15 is 0 Å². The van der Waals surface area contributed by atoms with Crippen molar-refractivity contribution in [3.8, 4) is 0 Å². The SMILES string of the molecule is NCCC(c1cccs1)N1CCCCC1. The van der Waals surface area contributed by atoms with Crippen molar-refractivity contribution in [2.45, 2.75) is 31.7 Å². The van der Waals surface area contributed by atoms with E-state index in [0.717, 1.165) is 13.0 Å². The van der Waals surface area contributed by atoms with Crippen LogP contribution in [0.5, 0.6) is 0 Å². The van der Waals surface area contributed by atoms with Gasteiger partial charge in [0, 0.05) is 10.9 Å². The second-order valence-electron chi connectivity index (χ2n) is 4.21. The summed E-state index contributed by atoms with van der Waals surface area (Å²) in [5.74, 6) is 0. The van der Waals surface area contributed by atoms with Crippen molar-refractivity contribution in [3.63, 3.8) is 0 Å². The predicted octanol–water partition coefficient (Wildman–Crippen LogP) is 2.62. The molecule has 2 heterocycles. The Bertz CT molecular complexity index is 265. The van der Waals surface area contributed by atoms with Gasteiger partial charge in [-0.2, -0.15) is 0 Å². The molecular weight excluding hydrogens is 204 g/mol. The second kappa shape index (κ2) is 5.64. The van der Waals surface area contributed by atoms with Crippen LogP contribution in [0.4, 0.5) is 0 Å². The zero-order valence-corrected chi connectivity index (χ0v) is 10.0. The van der Waals surface area contributed by atoms with Gasteiger partial charge in [0.15, 0.2) is 0 Å². The van der Waals surface area contributed by atoms with Crippen LogP contribution in [0.1, 0.15) is 36.6 Å². The van der Waals surface area contributed by atoms with Crippen molar-refractivity contribution in [2.24, 2.45) is 5.73 Å². The molecule has 0 amide bonds. The molecule has 1 fully saturated rings. The number of nitrogens with two attached hydrogens (primary N) is 1. The molecule has 2 N–H and O–H groups in total. The maximum atomic E-state index is 5.72. The summed E-state index contributed by atoms with van der Waals surface area (Å²) in [7, 11) is 0. The standard InChI is InChI=1S/C12H20N2S/c13-7-6-11(12-5-4-10-15-12)14-8-2-1-3-9-14/h4-5,10-11H,1-3,6-9,13H2. The molecule has 1 aliphatic rings. The summed E-state index contributed by atoms with van der Waals surface area (Å²) in [5.41, 5.74) is 5.72. The number of nitrogens with zero attached hydrogens (tertiary/aromatic N) is 1. The third-order valence-electron chi connectivity index (χ3n) is 3.14. The number of likely N-dealkylation sites (tertiary alicyclic amines) is 1. The Balaban J connectivity index is 2.04. The van der Waals surface area contributed by atoms with Gasteiger partial charge >= 0.3 is 0 Å². The molecule has 0 aliphatic carbocycles. The first-order valence-corrected chi connectivity index (χ1v) is 6.77. The zero-order chi connectivity index (χ0) is 10.5. The summed E-state index contributed by atoms with van der Waals surface area (Å²) < 4.78 is 0. The number of thiophene rings is 1. The van der Waals surface area contributed by atoms with Gasteiger partial charge < -0.3 is 5.73 Å². The normalized spacial score (nSPS) is 20.3. The van der Waals surface area contributed by atoms with E-state index in [2.05, 4.69) is 22.4 Å². The molecule has 1 saturated heterocycles. The fourth-order valence-corrected chi connectivity index (χ4v) is 3.27. The van der Waals surface area contributed by atoms with Crippen LogP contribution in [-0.2, 0) is 0 Å². The van der Waals surface area contributed by atoms with Crippen molar-refractivity contribution in [1.82, 2.24) is 4.90 Å². The minimum atomic E-state index is 0.579. The van der Waals surface area contributed by atoms with Crippen LogP contribution < -0.4 is 5.73 Å². The Morgan fingerprint density at radius 2 is 2.13 bits per heavy atom. The summed E-state index contributed by atoms with van der Waals surface area (Å²) in [6.45, 7) is 3.30. The number of rotatable bonds is 4. The molecule has 0 spiro atoms. The lowest BCUT2D eigenvalue weighted by atomic mass is 10.0. The summed E-state index contributed by atoms with van der Waals surface area (Å²) >= 11 is 1.87. The van der Waals surface area contributed by atoms with E-state index in [4.69, 9.17) is 5.73 Å². The molecule has 0 saturated carbocycles. The number of hydrogen-bond acceptors (Lipinski definition) is 3. The molecule has 0 radical (unpaired) electrons. The van der Waals surface area contributed by atoms with Crippen LogP contribution in [0.3, 0.4) is 0 Å². The van der Waals surface area contributed by atoms with Gasteiger partial charge in [0.25, 0.3) is 0 Å². The van der Waals surface area contributed by atoms with Gasteiger partial charge in [-0.1, -0.05) is 12.5 Å². The zero-order valence-electron chi connectivity index (χ0n) is 9.19. The minimum Gasteiger partial charge on any atom is -0.330 e. The highest BCUT2D eigenvalue weighted by molar-refractivity contribution is 7.10. The van der Waals surface area contributed by atoms with Crippen LogP contribution in [0, 0.1) is 0 Å².